The number of aromatic hydroxyl groups is 1. The second kappa shape index (κ2) is 9.64. The van der Waals surface area contributed by atoms with Crippen LogP contribution in [0.15, 0.2) is 24.3 Å². The summed E-state index contributed by atoms with van der Waals surface area (Å²) in [6.45, 7) is 15.8. The van der Waals surface area contributed by atoms with Gasteiger partial charge in [-0.15, -0.1) is 5.54 Å². The van der Waals surface area contributed by atoms with Gasteiger partial charge in [0.05, 0.1) is 5.56 Å². The van der Waals surface area contributed by atoms with E-state index in [2.05, 4.69) is 53.0 Å². The number of hydrogen-bond donors (Lipinski definition) is 1. The first-order chi connectivity index (χ1) is 13.6. The Bertz CT molecular complexity index is 888. The number of phenols is 1. The first-order valence-electron chi connectivity index (χ1n) is 10.3. The van der Waals surface area contributed by atoms with Gasteiger partial charge < -0.3 is 14.6 Å². The SMILES string of the molecule is CCOCOc1cc(O)c2c(C#C[Si](C(C)C)(C(C)C)C(C)C)c(F)ccc2c1. The number of halogens is 1. The molecule has 158 valence electrons. The summed E-state index contributed by atoms with van der Waals surface area (Å²) >= 11 is 0. The van der Waals surface area contributed by atoms with Gasteiger partial charge >= 0.3 is 0 Å². The maximum absolute atomic E-state index is 14.8. The van der Waals surface area contributed by atoms with Crippen LogP contribution in [-0.4, -0.2) is 26.6 Å². The topological polar surface area (TPSA) is 38.7 Å². The maximum atomic E-state index is 14.8. The monoisotopic (exact) mass is 416 g/mol. The van der Waals surface area contributed by atoms with E-state index in [1.807, 2.05) is 6.92 Å². The highest BCUT2D eigenvalue weighted by Crippen LogP contribution is 2.41. The van der Waals surface area contributed by atoms with Gasteiger partial charge in [0.1, 0.15) is 25.4 Å². The molecule has 1 N–H and O–H groups in total. The third-order valence-electron chi connectivity index (χ3n) is 5.80. The van der Waals surface area contributed by atoms with E-state index in [1.54, 1.807) is 12.1 Å². The van der Waals surface area contributed by atoms with E-state index in [-0.39, 0.29) is 18.1 Å². The lowest BCUT2D eigenvalue weighted by Crippen LogP contribution is -2.43. The molecule has 0 aliphatic carbocycles. The molecule has 0 aliphatic rings. The van der Waals surface area contributed by atoms with Crippen LogP contribution < -0.4 is 4.74 Å². The minimum atomic E-state index is -2.02. The number of hydrogen-bond acceptors (Lipinski definition) is 3. The van der Waals surface area contributed by atoms with Crippen molar-refractivity contribution in [3.05, 3.63) is 35.6 Å². The zero-order valence-corrected chi connectivity index (χ0v) is 19.6. The van der Waals surface area contributed by atoms with Crippen LogP contribution in [0.1, 0.15) is 54.0 Å². The molecule has 0 aromatic heterocycles. The number of phenolic OH excluding ortho intramolecular Hbond substituents is 1. The second-order valence-electron chi connectivity index (χ2n) is 8.36. The van der Waals surface area contributed by atoms with Gasteiger partial charge in [0.25, 0.3) is 0 Å². The summed E-state index contributed by atoms with van der Waals surface area (Å²) in [5.41, 5.74) is 5.14. The highest BCUT2D eigenvalue weighted by Gasteiger charge is 2.41. The fourth-order valence-electron chi connectivity index (χ4n) is 4.39. The van der Waals surface area contributed by atoms with Crippen molar-refractivity contribution < 1.29 is 19.0 Å². The lowest BCUT2D eigenvalue weighted by molar-refractivity contribution is 0.0224. The Morgan fingerprint density at radius 3 is 2.21 bits per heavy atom. The minimum absolute atomic E-state index is 0.0382. The van der Waals surface area contributed by atoms with Gasteiger partial charge in [0.15, 0.2) is 6.79 Å². The molecular weight excluding hydrogens is 383 g/mol. The Labute approximate surface area is 175 Å². The molecule has 0 saturated heterocycles. The molecule has 0 fully saturated rings. The Kier molecular flexibility index (Phi) is 7.73. The van der Waals surface area contributed by atoms with E-state index in [0.717, 1.165) is 0 Å². The first kappa shape index (κ1) is 23.2. The number of fused-ring (bicyclic) bond motifs is 1. The van der Waals surface area contributed by atoms with Crippen LogP contribution in [0.4, 0.5) is 4.39 Å². The van der Waals surface area contributed by atoms with Crippen molar-refractivity contribution in [1.82, 2.24) is 0 Å². The van der Waals surface area contributed by atoms with Crippen LogP contribution in [0, 0.1) is 17.3 Å². The molecule has 0 unspecified atom stereocenters. The van der Waals surface area contributed by atoms with Crippen LogP contribution in [0.2, 0.25) is 16.6 Å². The Morgan fingerprint density at radius 1 is 1.03 bits per heavy atom. The summed E-state index contributed by atoms with van der Waals surface area (Å²) in [5, 5.41) is 11.7. The quantitative estimate of drug-likeness (QED) is 0.238. The van der Waals surface area contributed by atoms with Gasteiger partial charge in [-0.05, 0) is 41.1 Å². The van der Waals surface area contributed by atoms with Crippen molar-refractivity contribution in [3.63, 3.8) is 0 Å². The van der Waals surface area contributed by atoms with Crippen molar-refractivity contribution in [2.75, 3.05) is 13.4 Å². The average molecular weight is 417 g/mol. The van der Waals surface area contributed by atoms with Gasteiger partial charge in [-0.25, -0.2) is 4.39 Å². The first-order valence-corrected chi connectivity index (χ1v) is 12.6. The Morgan fingerprint density at radius 2 is 1.66 bits per heavy atom. The molecule has 0 saturated carbocycles. The van der Waals surface area contributed by atoms with Gasteiger partial charge in [-0.1, -0.05) is 53.5 Å². The van der Waals surface area contributed by atoms with Gasteiger partial charge in [0.2, 0.25) is 0 Å². The summed E-state index contributed by atoms with van der Waals surface area (Å²) in [5.74, 6) is 3.19. The molecule has 0 radical (unpaired) electrons. The van der Waals surface area contributed by atoms with Crippen molar-refractivity contribution in [2.45, 2.75) is 65.1 Å². The van der Waals surface area contributed by atoms with Crippen molar-refractivity contribution in [3.8, 4) is 23.0 Å². The Balaban J connectivity index is 2.62. The molecule has 2 aromatic carbocycles. The van der Waals surface area contributed by atoms with Gasteiger partial charge in [-0.2, -0.15) is 0 Å². The molecule has 0 aliphatic heterocycles. The fourth-order valence-corrected chi connectivity index (χ4v) is 9.60. The fraction of sp³-hybridized carbons (Fsp3) is 0.500. The molecule has 0 heterocycles. The van der Waals surface area contributed by atoms with Crippen molar-refractivity contribution >= 4 is 18.8 Å². The normalized spacial score (nSPS) is 12.0. The second-order valence-corrected chi connectivity index (χ2v) is 13.9. The molecule has 2 rings (SSSR count). The molecule has 0 spiro atoms. The average Bonchev–Trinajstić information content (AvgIpc) is 2.63. The predicted octanol–water partition coefficient (Wildman–Crippen LogP) is 6.63. The number of rotatable bonds is 7. The van der Waals surface area contributed by atoms with Crippen LogP contribution in [0.25, 0.3) is 10.8 Å². The van der Waals surface area contributed by atoms with E-state index < -0.39 is 13.9 Å². The summed E-state index contributed by atoms with van der Waals surface area (Å²) in [4.78, 5) is 0. The highest BCUT2D eigenvalue weighted by molar-refractivity contribution is 6.90. The minimum Gasteiger partial charge on any atom is -0.507 e. The van der Waals surface area contributed by atoms with Crippen LogP contribution in [0.5, 0.6) is 11.5 Å². The maximum Gasteiger partial charge on any atom is 0.189 e. The van der Waals surface area contributed by atoms with E-state index in [4.69, 9.17) is 9.47 Å². The largest absolute Gasteiger partial charge is 0.507 e. The van der Waals surface area contributed by atoms with E-state index in [0.29, 0.717) is 39.8 Å². The molecule has 0 atom stereocenters. The third kappa shape index (κ3) is 4.76. The third-order valence-corrected chi connectivity index (χ3v) is 12.1. The van der Waals surface area contributed by atoms with Gasteiger partial charge in [-0.3, -0.25) is 0 Å². The van der Waals surface area contributed by atoms with Crippen LogP contribution >= 0.6 is 0 Å². The van der Waals surface area contributed by atoms with Crippen molar-refractivity contribution in [2.24, 2.45) is 0 Å². The number of ether oxygens (including phenoxy) is 2. The Hall–Kier alpha value is -2.03. The van der Waals surface area contributed by atoms with Crippen molar-refractivity contribution in [1.29, 1.82) is 0 Å². The van der Waals surface area contributed by atoms with Gasteiger partial charge in [0, 0.05) is 18.1 Å². The molecule has 2 aromatic rings. The molecule has 29 heavy (non-hydrogen) atoms. The summed E-state index contributed by atoms with van der Waals surface area (Å²) in [7, 11) is -2.02. The molecular formula is C24H33FO3Si. The lowest BCUT2D eigenvalue weighted by Gasteiger charge is -2.38. The molecule has 0 bridgehead atoms. The molecule has 5 heteroatoms. The summed E-state index contributed by atoms with van der Waals surface area (Å²) < 4.78 is 25.5. The summed E-state index contributed by atoms with van der Waals surface area (Å²) in [6, 6.07) is 6.31. The van der Waals surface area contributed by atoms with Crippen LogP contribution in [0.3, 0.4) is 0 Å². The van der Waals surface area contributed by atoms with E-state index in [1.165, 1.54) is 12.1 Å². The number of benzene rings is 2. The van der Waals surface area contributed by atoms with E-state index >= 15 is 0 Å². The summed E-state index contributed by atoms with van der Waals surface area (Å²) in [6.07, 6.45) is 0. The molecule has 3 nitrogen and oxygen atoms in total. The smallest absolute Gasteiger partial charge is 0.189 e. The highest BCUT2D eigenvalue weighted by atomic mass is 28.3. The van der Waals surface area contributed by atoms with Crippen LogP contribution in [-0.2, 0) is 4.74 Å². The zero-order chi connectivity index (χ0) is 21.8. The van der Waals surface area contributed by atoms with E-state index in [9.17, 15) is 9.50 Å². The predicted molar refractivity (Wildman–Crippen MR) is 121 cm³/mol. The standard InChI is InChI=1S/C24H33FO3Si/c1-8-27-15-28-20-13-19-9-10-22(25)21(24(19)23(26)14-20)11-12-29(16(2)3,17(4)5)18(6)7/h9-10,13-14,16-18,26H,8,15H2,1-7H3. The molecule has 0 amide bonds. The zero-order valence-electron chi connectivity index (χ0n) is 18.6. The lowest BCUT2D eigenvalue weighted by atomic mass is 10.0.